The van der Waals surface area contributed by atoms with E-state index < -0.39 is 6.61 Å². The quantitative estimate of drug-likeness (QED) is 0.235. The molecule has 0 saturated heterocycles. The molecule has 3 rings (SSSR count). The molecule has 7 heteroatoms. The molecule has 0 aliphatic heterocycles. The molecule has 0 aliphatic rings. The van der Waals surface area contributed by atoms with Crippen LogP contribution >= 0.6 is 12.2 Å². The summed E-state index contributed by atoms with van der Waals surface area (Å²) in [5.74, 6) is -0.0940. The number of halogens is 2. The second kappa shape index (κ2) is 9.45. The van der Waals surface area contributed by atoms with Crippen LogP contribution in [0.3, 0.4) is 0 Å². The number of aromatic nitrogens is 1. The summed E-state index contributed by atoms with van der Waals surface area (Å²) in [6.07, 6.45) is 3.52. The van der Waals surface area contributed by atoms with Crippen molar-refractivity contribution < 1.29 is 23.2 Å². The lowest BCUT2D eigenvalue weighted by Gasteiger charge is -2.12. The van der Waals surface area contributed by atoms with E-state index in [0.717, 1.165) is 16.8 Å². The molecule has 4 nitrogen and oxygen atoms in total. The first-order valence-corrected chi connectivity index (χ1v) is 9.59. The molecule has 2 N–H and O–H groups in total. The van der Waals surface area contributed by atoms with Crippen LogP contribution in [-0.4, -0.2) is 16.7 Å². The lowest BCUT2D eigenvalue weighted by Crippen LogP contribution is -2.38. The molecule has 0 unspecified atom stereocenters. The number of nitrogens with one attached hydrogen (secondary N) is 1. The molecule has 30 heavy (non-hydrogen) atoms. The van der Waals surface area contributed by atoms with Gasteiger partial charge in [-0.25, -0.2) is 0 Å². The number of aliphatic hydroxyl groups excluding tert-OH is 1. The maximum Gasteiger partial charge on any atom is 0.387 e. The summed E-state index contributed by atoms with van der Waals surface area (Å²) < 4.78 is 30.8. The van der Waals surface area contributed by atoms with E-state index in [0.29, 0.717) is 16.2 Å². The zero-order valence-electron chi connectivity index (χ0n) is 16.5. The van der Waals surface area contributed by atoms with Crippen molar-refractivity contribution in [1.29, 1.82) is 0 Å². The molecule has 1 aromatic heterocycles. The second-order valence-electron chi connectivity index (χ2n) is 6.66. The number of thiocarbonyl (C=S) groups is 1. The number of ether oxygens (including phenoxy) is 1. The molecule has 0 amide bonds. The summed E-state index contributed by atoms with van der Waals surface area (Å²) in [6.45, 7) is 1.07. The molecule has 0 saturated carbocycles. The topological polar surface area (TPSA) is 45.4 Å². The summed E-state index contributed by atoms with van der Waals surface area (Å²) in [6, 6.07) is 17.1. The zero-order chi connectivity index (χ0) is 21.7. The van der Waals surface area contributed by atoms with Gasteiger partial charge in [0.2, 0.25) is 0 Å². The Hall–Kier alpha value is -3.32. The van der Waals surface area contributed by atoms with Crippen molar-refractivity contribution >= 4 is 34.3 Å². The number of rotatable bonds is 6. The maximum absolute atomic E-state index is 12.4. The number of benzene rings is 2. The van der Waals surface area contributed by atoms with Crippen LogP contribution in [0, 0.1) is 13.8 Å². The Kier molecular flexibility index (Phi) is 6.74. The molecule has 0 atom stereocenters. The van der Waals surface area contributed by atoms with Gasteiger partial charge in [-0.05, 0) is 49.7 Å². The van der Waals surface area contributed by atoms with Gasteiger partial charge in [-0.2, -0.15) is 13.3 Å². The highest BCUT2D eigenvalue weighted by molar-refractivity contribution is 7.81. The minimum atomic E-state index is -2.91. The molecular formula is C23H21F2N2O2S+. The lowest BCUT2D eigenvalue weighted by atomic mass is 10.1. The van der Waals surface area contributed by atoms with Gasteiger partial charge in [0.25, 0.3) is 5.70 Å². The van der Waals surface area contributed by atoms with Gasteiger partial charge in [0.05, 0.1) is 0 Å². The fourth-order valence-electron chi connectivity index (χ4n) is 2.96. The largest absolute Gasteiger partial charge is 0.502 e. The first-order valence-electron chi connectivity index (χ1n) is 9.19. The van der Waals surface area contributed by atoms with Gasteiger partial charge < -0.3 is 15.2 Å². The van der Waals surface area contributed by atoms with E-state index in [4.69, 9.17) is 12.2 Å². The van der Waals surface area contributed by atoms with Crippen molar-refractivity contribution in [1.82, 2.24) is 0 Å². The van der Waals surface area contributed by atoms with Gasteiger partial charge in [-0.1, -0.05) is 36.0 Å². The van der Waals surface area contributed by atoms with Gasteiger partial charge in [0, 0.05) is 23.4 Å². The van der Waals surface area contributed by atoms with E-state index in [-0.39, 0.29) is 11.5 Å². The summed E-state index contributed by atoms with van der Waals surface area (Å²) in [5.41, 5.74) is 3.74. The van der Waals surface area contributed by atoms with Gasteiger partial charge in [-0.15, -0.1) is 0 Å². The van der Waals surface area contributed by atoms with Gasteiger partial charge in [0.1, 0.15) is 5.75 Å². The van der Waals surface area contributed by atoms with Gasteiger partial charge in [0.15, 0.2) is 23.1 Å². The van der Waals surface area contributed by atoms with Crippen molar-refractivity contribution in [2.24, 2.45) is 0 Å². The predicted molar refractivity (Wildman–Crippen MR) is 118 cm³/mol. The number of anilines is 1. The molecule has 1 heterocycles. The van der Waals surface area contributed by atoms with Crippen LogP contribution in [-0.2, 0) is 0 Å². The SMILES string of the molecule is Cc1ccc(NC(=S)/C(=C(\O)c2ccc(OC(F)F)cc2)[n+]2ccccc2)c(C)c1. The average Bonchev–Trinajstić information content (AvgIpc) is 2.71. The third kappa shape index (κ3) is 5.18. The normalized spacial score (nSPS) is 11.8. The predicted octanol–water partition coefficient (Wildman–Crippen LogP) is 5.52. The van der Waals surface area contributed by atoms with Crippen LogP contribution in [0.5, 0.6) is 5.75 Å². The monoisotopic (exact) mass is 427 g/mol. The van der Waals surface area contributed by atoms with Gasteiger partial charge in [-0.3, -0.25) is 0 Å². The number of hydrogen-bond acceptors (Lipinski definition) is 3. The Morgan fingerprint density at radius 2 is 1.70 bits per heavy atom. The molecular weight excluding hydrogens is 406 g/mol. The Morgan fingerprint density at radius 1 is 1.03 bits per heavy atom. The van der Waals surface area contributed by atoms with E-state index in [1.807, 2.05) is 50.2 Å². The Labute approximate surface area is 179 Å². The number of hydrogen-bond donors (Lipinski definition) is 2. The van der Waals surface area contributed by atoms with Crippen LogP contribution in [0.4, 0.5) is 14.5 Å². The second-order valence-corrected chi connectivity index (χ2v) is 7.06. The number of pyridine rings is 1. The van der Waals surface area contributed by atoms with Crippen molar-refractivity contribution in [3.63, 3.8) is 0 Å². The van der Waals surface area contributed by atoms with Crippen LogP contribution in [0.2, 0.25) is 0 Å². The fourth-order valence-corrected chi connectivity index (χ4v) is 3.27. The third-order valence-corrected chi connectivity index (χ3v) is 4.69. The molecule has 0 bridgehead atoms. The highest BCUT2D eigenvalue weighted by Gasteiger charge is 2.24. The molecule has 0 radical (unpaired) electrons. The molecule has 0 fully saturated rings. The zero-order valence-corrected chi connectivity index (χ0v) is 17.3. The molecule has 0 aliphatic carbocycles. The molecule has 3 aromatic rings. The highest BCUT2D eigenvalue weighted by Crippen LogP contribution is 2.23. The Balaban J connectivity index is 2.00. The van der Waals surface area contributed by atoms with Crippen LogP contribution in [0.1, 0.15) is 16.7 Å². The van der Waals surface area contributed by atoms with Crippen molar-refractivity contribution in [2.75, 3.05) is 5.32 Å². The van der Waals surface area contributed by atoms with E-state index in [1.165, 1.54) is 24.3 Å². The highest BCUT2D eigenvalue weighted by atomic mass is 32.1. The summed E-state index contributed by atoms with van der Waals surface area (Å²) in [7, 11) is 0. The van der Waals surface area contributed by atoms with Crippen LogP contribution < -0.4 is 14.6 Å². The summed E-state index contributed by atoms with van der Waals surface area (Å²) in [5, 5.41) is 14.2. The number of aryl methyl sites for hydroxylation is 2. The van der Waals surface area contributed by atoms with E-state index in [2.05, 4.69) is 10.1 Å². The standard InChI is InChI=1S/C23H20F2N2O2S/c1-15-6-11-19(16(2)14-15)26-22(30)20(27-12-4-3-5-13-27)21(28)17-7-9-18(10-8-17)29-23(24)25/h3-14,23H,1-2H3,(H-,26,28,30)/p+1. The fraction of sp³-hybridized carbons (Fsp3) is 0.130. The maximum atomic E-state index is 12.4. The lowest BCUT2D eigenvalue weighted by molar-refractivity contribution is -0.575. The van der Waals surface area contributed by atoms with Crippen LogP contribution in [0.15, 0.2) is 73.1 Å². The summed E-state index contributed by atoms with van der Waals surface area (Å²) >= 11 is 5.62. The Morgan fingerprint density at radius 3 is 2.30 bits per heavy atom. The Bertz CT molecular complexity index is 1070. The minimum absolute atomic E-state index is 0.00597. The smallest absolute Gasteiger partial charge is 0.387 e. The van der Waals surface area contributed by atoms with Crippen molar-refractivity contribution in [2.45, 2.75) is 20.5 Å². The summed E-state index contributed by atoms with van der Waals surface area (Å²) in [4.78, 5) is 0.309. The van der Waals surface area contributed by atoms with Crippen molar-refractivity contribution in [3.8, 4) is 5.75 Å². The van der Waals surface area contributed by atoms with E-state index >= 15 is 0 Å². The van der Waals surface area contributed by atoms with Crippen LogP contribution in [0.25, 0.3) is 11.5 Å². The average molecular weight is 427 g/mol. The number of nitrogens with zero attached hydrogens (tertiary/aromatic N) is 1. The molecule has 0 spiro atoms. The first kappa shape index (κ1) is 21.4. The van der Waals surface area contributed by atoms with E-state index in [1.54, 1.807) is 17.0 Å². The number of aliphatic hydroxyl groups is 1. The number of alkyl halides is 2. The van der Waals surface area contributed by atoms with Gasteiger partial charge >= 0.3 is 6.61 Å². The first-order chi connectivity index (χ1) is 14.3. The third-order valence-electron chi connectivity index (χ3n) is 4.40. The molecule has 2 aromatic carbocycles. The minimum Gasteiger partial charge on any atom is -0.502 e. The van der Waals surface area contributed by atoms with Crippen molar-refractivity contribution in [3.05, 3.63) is 89.7 Å². The van der Waals surface area contributed by atoms with E-state index in [9.17, 15) is 13.9 Å². The molecule has 154 valence electrons.